The molecule has 12 heterocycles. The van der Waals surface area contributed by atoms with E-state index < -0.39 is 77.4 Å². The SMILES string of the molecule is C=CCO[C@H](CC)CC[C@]12C[C@@H](O)C(O1)[C@H]1CC(O2)[C@H]2O[C@@H](CC(=O)O[C@@H]3C[C@]4(C)O[C@]5(C)C[C@]6(C[C@@H]7O[C@@]8(CC[C@@H]7O6)C[C@H](C)[C@@H]6O[C@H](CO)[C@H](O)C[C@@H]6O8)O[C@@H]5C[C@@H]4O[C@H]3C[C@H]3OCC[C@@H](C)C3=C)CC[C@@H]2O1. The highest BCUT2D eigenvalue weighted by molar-refractivity contribution is 5.70. The zero-order valence-corrected chi connectivity index (χ0v) is 44.9. The van der Waals surface area contributed by atoms with Gasteiger partial charge in [0.15, 0.2) is 17.4 Å². The van der Waals surface area contributed by atoms with Crippen molar-refractivity contribution >= 4 is 5.97 Å². The van der Waals surface area contributed by atoms with Crippen LogP contribution in [0.4, 0.5) is 0 Å². The van der Waals surface area contributed by atoms with Gasteiger partial charge in [-0.1, -0.05) is 33.4 Å². The van der Waals surface area contributed by atoms with Gasteiger partial charge in [0.2, 0.25) is 0 Å². The molecule has 12 aliphatic rings. The van der Waals surface area contributed by atoms with Crippen LogP contribution in [0.15, 0.2) is 24.8 Å². The molecule has 0 aromatic carbocycles. The molecule has 0 amide bonds. The molecule has 0 radical (unpaired) electrons. The van der Waals surface area contributed by atoms with Crippen molar-refractivity contribution in [2.75, 3.05) is 19.8 Å². The zero-order chi connectivity index (χ0) is 52.2. The fourth-order valence-electron chi connectivity index (χ4n) is 16.0. The third-order valence-corrected chi connectivity index (χ3v) is 19.8. The molecule has 2 unspecified atom stereocenters. The number of aliphatic hydroxyl groups excluding tert-OH is 3. The Bertz CT molecular complexity index is 2100. The molecule has 0 aliphatic carbocycles. The van der Waals surface area contributed by atoms with Gasteiger partial charge in [0, 0.05) is 77.2 Å². The van der Waals surface area contributed by atoms with Gasteiger partial charge in [-0.15, -0.1) is 6.58 Å². The van der Waals surface area contributed by atoms with Crippen LogP contribution in [-0.2, 0) is 71.1 Å². The first kappa shape index (κ1) is 53.9. The van der Waals surface area contributed by atoms with Crippen molar-refractivity contribution in [1.29, 1.82) is 0 Å². The Kier molecular flexibility index (Phi) is 14.9. The summed E-state index contributed by atoms with van der Waals surface area (Å²) in [7, 11) is 0. The summed E-state index contributed by atoms with van der Waals surface area (Å²) >= 11 is 0. The molecule has 0 aromatic heterocycles. The Morgan fingerprint density at radius 1 is 0.773 bits per heavy atom. The quantitative estimate of drug-likeness (QED) is 0.153. The van der Waals surface area contributed by atoms with Gasteiger partial charge in [-0.3, -0.25) is 4.79 Å². The number of esters is 1. The summed E-state index contributed by atoms with van der Waals surface area (Å²) in [5.74, 6) is -2.71. The van der Waals surface area contributed by atoms with Crippen molar-refractivity contribution in [2.45, 2.75) is 295 Å². The van der Waals surface area contributed by atoms with E-state index in [2.05, 4.69) is 47.8 Å². The van der Waals surface area contributed by atoms with Crippen LogP contribution in [-0.4, -0.2) is 186 Å². The number of hydrogen-bond acceptors (Lipinski definition) is 18. The van der Waals surface area contributed by atoms with E-state index in [9.17, 15) is 20.1 Å². The van der Waals surface area contributed by atoms with Gasteiger partial charge in [-0.2, -0.15) is 0 Å². The summed E-state index contributed by atoms with van der Waals surface area (Å²) in [5.41, 5.74) is -0.528. The van der Waals surface area contributed by atoms with Gasteiger partial charge in [-0.25, -0.2) is 0 Å². The summed E-state index contributed by atoms with van der Waals surface area (Å²) in [4.78, 5) is 14.4. The first-order valence-corrected chi connectivity index (χ1v) is 29.0. The van der Waals surface area contributed by atoms with Crippen LogP contribution >= 0.6 is 0 Å². The van der Waals surface area contributed by atoms with E-state index in [1.165, 1.54) is 0 Å². The molecular formula is C57H86O18. The molecule has 12 fully saturated rings. The lowest BCUT2D eigenvalue weighted by atomic mass is 9.75. The Labute approximate surface area is 442 Å². The van der Waals surface area contributed by atoms with Crippen LogP contribution in [0.2, 0.25) is 0 Å². The number of ether oxygens (including phenoxy) is 14. The maximum Gasteiger partial charge on any atom is 0.308 e. The molecule has 422 valence electrons. The summed E-state index contributed by atoms with van der Waals surface area (Å²) in [6.45, 7) is 19.7. The standard InChI is InChI=1S/C57H86O18/c1-8-17-62-33(9-2)12-15-56-25-36(60)51(74-56)41-22-43(71-56)52-38(65-41)11-10-34(64-52)19-49(61)67-44-26-53(6)47(66-40(44)21-39-32(5)30(3)14-18-63-39)23-48-54(7,75-53)29-57(73-48)27-45-37(69-57)13-16-55(72-45)24-31(4)50-42(70-55)20-35(59)46(28-58)68-50/h8,30-31,33-48,50-52,58-60H,1,5,9-29H2,2-4,6-7H3/t30-,31+,33-,34-,35-,36-,37+,38+,39-,40+,41-,42+,43?,44-,45+,46-,47+,48-,50+,51?,52+,53+,54-,55+,56-,57+/m1/s1. The lowest BCUT2D eigenvalue weighted by molar-refractivity contribution is -0.365. The normalized spacial score (nSPS) is 53.3. The van der Waals surface area contributed by atoms with E-state index in [-0.39, 0.29) is 92.1 Å². The summed E-state index contributed by atoms with van der Waals surface area (Å²) in [6.07, 6.45) is 4.44. The third kappa shape index (κ3) is 10.2. The average Bonchev–Trinajstić information content (AvgIpc) is 3.96. The van der Waals surface area contributed by atoms with Crippen molar-refractivity contribution in [3.8, 4) is 0 Å². The Morgan fingerprint density at radius 2 is 1.59 bits per heavy atom. The molecule has 18 heteroatoms. The second kappa shape index (κ2) is 20.7. The summed E-state index contributed by atoms with van der Waals surface area (Å²) in [5, 5.41) is 31.7. The van der Waals surface area contributed by atoms with Crippen molar-refractivity contribution in [3.63, 3.8) is 0 Å². The largest absolute Gasteiger partial charge is 0.459 e. The summed E-state index contributed by atoms with van der Waals surface area (Å²) < 4.78 is 94.1. The number of aliphatic hydroxyl groups is 3. The molecule has 4 bridgehead atoms. The van der Waals surface area contributed by atoms with Crippen LogP contribution in [0, 0.1) is 11.8 Å². The number of carbonyl (C=O) groups excluding carboxylic acids is 1. The second-order valence-electron chi connectivity index (χ2n) is 25.4. The highest BCUT2D eigenvalue weighted by Gasteiger charge is 2.69. The predicted octanol–water partition coefficient (Wildman–Crippen LogP) is 5.55. The molecule has 2 spiro atoms. The van der Waals surface area contributed by atoms with E-state index in [0.29, 0.717) is 109 Å². The Balaban J connectivity index is 0.709. The van der Waals surface area contributed by atoms with Crippen LogP contribution in [0.25, 0.3) is 0 Å². The lowest BCUT2D eigenvalue weighted by Crippen LogP contribution is -2.65. The maximum atomic E-state index is 14.4. The molecule has 18 nitrogen and oxygen atoms in total. The van der Waals surface area contributed by atoms with Crippen LogP contribution < -0.4 is 0 Å². The summed E-state index contributed by atoms with van der Waals surface area (Å²) in [6, 6.07) is 0. The second-order valence-corrected chi connectivity index (χ2v) is 25.4. The van der Waals surface area contributed by atoms with Gasteiger partial charge in [-0.05, 0) is 69.8 Å². The van der Waals surface area contributed by atoms with E-state index in [0.717, 1.165) is 24.8 Å². The fraction of sp³-hybridized carbons (Fsp3) is 0.912. The zero-order valence-electron chi connectivity index (χ0n) is 44.9. The van der Waals surface area contributed by atoms with Crippen molar-refractivity contribution in [1.82, 2.24) is 0 Å². The molecule has 75 heavy (non-hydrogen) atoms. The Hall–Kier alpha value is -1.69. The molecule has 12 rings (SSSR count). The first-order chi connectivity index (χ1) is 35.9. The minimum absolute atomic E-state index is 0.00764. The van der Waals surface area contributed by atoms with Gasteiger partial charge >= 0.3 is 5.97 Å². The van der Waals surface area contributed by atoms with Crippen molar-refractivity contribution in [3.05, 3.63) is 24.8 Å². The molecule has 0 aromatic rings. The third-order valence-electron chi connectivity index (χ3n) is 19.8. The Morgan fingerprint density at radius 3 is 2.40 bits per heavy atom. The van der Waals surface area contributed by atoms with Crippen molar-refractivity contribution in [2.24, 2.45) is 11.8 Å². The minimum atomic E-state index is -0.987. The molecule has 12 saturated heterocycles. The highest BCUT2D eigenvalue weighted by atomic mass is 16.8. The van der Waals surface area contributed by atoms with Crippen LogP contribution in [0.5, 0.6) is 0 Å². The van der Waals surface area contributed by atoms with Gasteiger partial charge < -0.3 is 81.6 Å². The highest BCUT2D eigenvalue weighted by Crippen LogP contribution is 2.59. The molecule has 26 atom stereocenters. The smallest absolute Gasteiger partial charge is 0.308 e. The molecule has 12 aliphatic heterocycles. The van der Waals surface area contributed by atoms with E-state index in [4.69, 9.17) is 66.3 Å². The van der Waals surface area contributed by atoms with Crippen LogP contribution in [0.3, 0.4) is 0 Å². The van der Waals surface area contributed by atoms with Gasteiger partial charge in [0.25, 0.3) is 0 Å². The minimum Gasteiger partial charge on any atom is -0.459 e. The predicted molar refractivity (Wildman–Crippen MR) is 265 cm³/mol. The van der Waals surface area contributed by atoms with Gasteiger partial charge in [0.05, 0.1) is 122 Å². The molecule has 0 saturated carbocycles. The number of fused-ring (bicyclic) bond motifs is 11. The van der Waals surface area contributed by atoms with E-state index >= 15 is 0 Å². The number of hydrogen-bond donors (Lipinski definition) is 3. The first-order valence-electron chi connectivity index (χ1n) is 29.0. The maximum absolute atomic E-state index is 14.4. The monoisotopic (exact) mass is 1060 g/mol. The van der Waals surface area contributed by atoms with Gasteiger partial charge in [0.1, 0.15) is 24.4 Å². The fourth-order valence-corrected chi connectivity index (χ4v) is 16.0. The number of rotatable bonds is 13. The van der Waals surface area contributed by atoms with E-state index in [1.54, 1.807) is 6.08 Å². The molecule has 3 N–H and O–H groups in total. The number of carbonyl (C=O) groups is 1. The van der Waals surface area contributed by atoms with Crippen molar-refractivity contribution < 1.29 is 86.4 Å². The average molecular weight is 1060 g/mol. The van der Waals surface area contributed by atoms with E-state index in [1.807, 2.05) is 0 Å². The van der Waals surface area contributed by atoms with Crippen LogP contribution in [0.1, 0.15) is 150 Å². The molecular weight excluding hydrogens is 973 g/mol. The topological polar surface area (TPSA) is 207 Å². The lowest BCUT2D eigenvalue weighted by Gasteiger charge is -2.55.